The third-order valence-electron chi connectivity index (χ3n) is 4.02. The molecule has 2 N–H and O–H groups in total. The first kappa shape index (κ1) is 17.4. The summed E-state index contributed by atoms with van der Waals surface area (Å²) in [6.07, 6.45) is 3.71. The minimum Gasteiger partial charge on any atom is -0.388 e. The van der Waals surface area contributed by atoms with Crippen LogP contribution in [0.5, 0.6) is 0 Å². The highest BCUT2D eigenvalue weighted by Crippen LogP contribution is 2.19. The van der Waals surface area contributed by atoms with E-state index in [-0.39, 0.29) is 6.04 Å². The van der Waals surface area contributed by atoms with Gasteiger partial charge in [0.15, 0.2) is 0 Å². The highest BCUT2D eigenvalue weighted by atomic mass is 32.2. The van der Waals surface area contributed by atoms with Gasteiger partial charge >= 0.3 is 0 Å². The lowest BCUT2D eigenvalue weighted by molar-refractivity contribution is 0.157. The van der Waals surface area contributed by atoms with Crippen molar-refractivity contribution >= 4 is 10.2 Å². The first-order valence-corrected chi connectivity index (χ1v) is 9.43. The number of hydrogen-bond acceptors (Lipinski definition) is 3. The third kappa shape index (κ3) is 5.05. The maximum absolute atomic E-state index is 12.4. The van der Waals surface area contributed by atoms with Crippen LogP contribution < -0.4 is 4.72 Å². The van der Waals surface area contributed by atoms with E-state index in [2.05, 4.69) is 4.72 Å². The molecule has 5 nitrogen and oxygen atoms in total. The summed E-state index contributed by atoms with van der Waals surface area (Å²) >= 11 is 0. The zero-order valence-corrected chi connectivity index (χ0v) is 13.9. The molecule has 0 spiro atoms. The van der Waals surface area contributed by atoms with Crippen molar-refractivity contribution in [1.29, 1.82) is 0 Å². The molecule has 1 aromatic rings. The SMILES string of the molecule is CC(CC(O)c1ccccc1)NS(=O)(=O)N1CCCCCC1. The molecule has 22 heavy (non-hydrogen) atoms. The van der Waals surface area contributed by atoms with Gasteiger partial charge in [-0.15, -0.1) is 0 Å². The van der Waals surface area contributed by atoms with E-state index in [1.807, 2.05) is 30.3 Å². The lowest BCUT2D eigenvalue weighted by atomic mass is 10.0. The summed E-state index contributed by atoms with van der Waals surface area (Å²) < 4.78 is 29.0. The van der Waals surface area contributed by atoms with Crippen molar-refractivity contribution in [3.05, 3.63) is 35.9 Å². The summed E-state index contributed by atoms with van der Waals surface area (Å²) in [5.74, 6) is 0. The Morgan fingerprint density at radius 3 is 2.32 bits per heavy atom. The predicted octanol–water partition coefficient (Wildman–Crippen LogP) is 2.21. The maximum atomic E-state index is 12.4. The molecule has 1 aliphatic heterocycles. The average molecular weight is 326 g/mol. The van der Waals surface area contributed by atoms with Crippen LogP contribution >= 0.6 is 0 Å². The number of nitrogens with one attached hydrogen (secondary N) is 1. The molecule has 2 unspecified atom stereocenters. The van der Waals surface area contributed by atoms with Gasteiger partial charge in [-0.1, -0.05) is 43.2 Å². The first-order chi connectivity index (χ1) is 10.5. The molecule has 1 saturated heterocycles. The fourth-order valence-electron chi connectivity index (χ4n) is 2.81. The van der Waals surface area contributed by atoms with E-state index in [4.69, 9.17) is 0 Å². The van der Waals surface area contributed by atoms with Gasteiger partial charge in [-0.25, -0.2) is 0 Å². The molecule has 1 aromatic carbocycles. The summed E-state index contributed by atoms with van der Waals surface area (Å²) in [7, 11) is -3.46. The quantitative estimate of drug-likeness (QED) is 0.842. The molecule has 124 valence electrons. The summed E-state index contributed by atoms with van der Waals surface area (Å²) in [5.41, 5.74) is 0.809. The van der Waals surface area contributed by atoms with Crippen LogP contribution in [0.25, 0.3) is 0 Å². The fraction of sp³-hybridized carbons (Fsp3) is 0.625. The summed E-state index contributed by atoms with van der Waals surface area (Å²) in [6.45, 7) is 2.97. The van der Waals surface area contributed by atoms with E-state index >= 15 is 0 Å². The lowest BCUT2D eigenvalue weighted by Gasteiger charge is -2.24. The van der Waals surface area contributed by atoms with Gasteiger partial charge in [-0.3, -0.25) is 0 Å². The molecule has 0 radical (unpaired) electrons. The molecule has 6 heteroatoms. The summed E-state index contributed by atoms with van der Waals surface area (Å²) in [4.78, 5) is 0. The Morgan fingerprint density at radius 1 is 1.14 bits per heavy atom. The molecular formula is C16H26N2O3S. The highest BCUT2D eigenvalue weighted by Gasteiger charge is 2.25. The second kappa shape index (κ2) is 8.06. The van der Waals surface area contributed by atoms with E-state index < -0.39 is 16.3 Å². The second-order valence-electron chi connectivity index (χ2n) is 6.00. The monoisotopic (exact) mass is 326 g/mol. The van der Waals surface area contributed by atoms with Gasteiger partial charge in [0.1, 0.15) is 0 Å². The Morgan fingerprint density at radius 2 is 1.73 bits per heavy atom. The Labute approximate surface area is 133 Å². The van der Waals surface area contributed by atoms with Gasteiger partial charge in [-0.2, -0.15) is 17.4 Å². The molecule has 2 rings (SSSR count). The maximum Gasteiger partial charge on any atom is 0.279 e. The van der Waals surface area contributed by atoms with E-state index in [1.165, 1.54) is 4.31 Å². The molecule has 0 bridgehead atoms. The number of aliphatic hydroxyl groups is 1. The van der Waals surface area contributed by atoms with Crippen LogP contribution in [0.4, 0.5) is 0 Å². The zero-order valence-electron chi connectivity index (χ0n) is 13.1. The topological polar surface area (TPSA) is 69.6 Å². The summed E-state index contributed by atoms with van der Waals surface area (Å²) in [5, 5.41) is 10.2. The van der Waals surface area contributed by atoms with Crippen LogP contribution in [-0.4, -0.2) is 37.0 Å². The smallest absolute Gasteiger partial charge is 0.279 e. The standard InChI is InChI=1S/C16H26N2O3S/c1-14(13-16(19)15-9-5-4-6-10-15)17-22(20,21)18-11-7-2-3-8-12-18/h4-6,9-10,14,16-17,19H,2-3,7-8,11-13H2,1H3. The molecule has 0 aromatic heterocycles. The van der Waals surface area contributed by atoms with Crippen LogP contribution in [0.15, 0.2) is 30.3 Å². The number of rotatable bonds is 6. The molecular weight excluding hydrogens is 300 g/mol. The number of aliphatic hydroxyl groups excluding tert-OH is 1. The molecule has 0 aliphatic carbocycles. The minimum atomic E-state index is -3.46. The van der Waals surface area contributed by atoms with Crippen molar-refractivity contribution in [3.8, 4) is 0 Å². The van der Waals surface area contributed by atoms with Crippen molar-refractivity contribution in [2.45, 2.75) is 51.2 Å². The van der Waals surface area contributed by atoms with Gasteiger partial charge in [0, 0.05) is 19.1 Å². The normalized spacial score (nSPS) is 20.3. The molecule has 0 saturated carbocycles. The molecule has 1 aliphatic rings. The van der Waals surface area contributed by atoms with Crippen LogP contribution in [0.2, 0.25) is 0 Å². The zero-order chi connectivity index (χ0) is 16.0. The van der Waals surface area contributed by atoms with Gasteiger partial charge < -0.3 is 5.11 Å². The Hall–Kier alpha value is -0.950. The van der Waals surface area contributed by atoms with Gasteiger partial charge in [-0.05, 0) is 31.7 Å². The van der Waals surface area contributed by atoms with E-state index in [1.54, 1.807) is 6.92 Å². The van der Waals surface area contributed by atoms with Crippen molar-refractivity contribution in [2.75, 3.05) is 13.1 Å². The lowest BCUT2D eigenvalue weighted by Crippen LogP contribution is -2.45. The number of nitrogens with zero attached hydrogens (tertiary/aromatic N) is 1. The Bertz CT molecular complexity index is 540. The van der Waals surface area contributed by atoms with Gasteiger partial charge in [0.25, 0.3) is 10.2 Å². The fourth-order valence-corrected chi connectivity index (χ4v) is 4.30. The van der Waals surface area contributed by atoms with Crippen molar-refractivity contribution in [2.24, 2.45) is 0 Å². The van der Waals surface area contributed by atoms with Gasteiger partial charge in [0.2, 0.25) is 0 Å². The predicted molar refractivity (Wildman–Crippen MR) is 87.6 cm³/mol. The molecule has 2 atom stereocenters. The van der Waals surface area contributed by atoms with Crippen LogP contribution in [-0.2, 0) is 10.2 Å². The Kier molecular flexibility index (Phi) is 6.37. The van der Waals surface area contributed by atoms with Gasteiger partial charge in [0.05, 0.1) is 6.10 Å². The van der Waals surface area contributed by atoms with Crippen LogP contribution in [0, 0.1) is 0 Å². The number of hydrogen-bond donors (Lipinski definition) is 2. The third-order valence-corrected chi connectivity index (χ3v) is 5.76. The molecule has 1 heterocycles. The summed E-state index contributed by atoms with van der Waals surface area (Å²) in [6, 6.07) is 9.00. The number of benzene rings is 1. The van der Waals surface area contributed by atoms with Crippen LogP contribution in [0.1, 0.15) is 50.7 Å². The molecule has 1 fully saturated rings. The van der Waals surface area contributed by atoms with Crippen molar-refractivity contribution in [1.82, 2.24) is 9.03 Å². The largest absolute Gasteiger partial charge is 0.388 e. The molecule has 0 amide bonds. The van der Waals surface area contributed by atoms with E-state index in [0.29, 0.717) is 19.5 Å². The average Bonchev–Trinajstić information content (AvgIpc) is 2.77. The van der Waals surface area contributed by atoms with Crippen molar-refractivity contribution < 1.29 is 13.5 Å². The van der Waals surface area contributed by atoms with E-state index in [0.717, 1.165) is 31.2 Å². The highest BCUT2D eigenvalue weighted by molar-refractivity contribution is 7.87. The van der Waals surface area contributed by atoms with Crippen molar-refractivity contribution in [3.63, 3.8) is 0 Å². The first-order valence-electron chi connectivity index (χ1n) is 7.99. The Balaban J connectivity index is 1.91. The minimum absolute atomic E-state index is 0.316. The van der Waals surface area contributed by atoms with E-state index in [9.17, 15) is 13.5 Å². The van der Waals surface area contributed by atoms with Crippen LogP contribution in [0.3, 0.4) is 0 Å². The second-order valence-corrected chi connectivity index (χ2v) is 7.70.